The van der Waals surface area contributed by atoms with Crippen LogP contribution in [-0.4, -0.2) is 85.7 Å². The molecule has 0 bridgehead atoms. The number of likely N-dealkylation sites (tertiary alicyclic amines) is 1. The molecule has 3 aliphatic rings. The average Bonchev–Trinajstić information content (AvgIpc) is 2.75. The SMILES string of the molecule is CC(=O)N1CCCN(C2CN(CC3CCOCC3)CC2C)CC1. The number of carbonyl (C=O) groups is 1. The lowest BCUT2D eigenvalue weighted by molar-refractivity contribution is -0.128. The van der Waals surface area contributed by atoms with E-state index < -0.39 is 0 Å². The van der Waals surface area contributed by atoms with Gasteiger partial charge in [-0.2, -0.15) is 0 Å². The van der Waals surface area contributed by atoms with E-state index in [0.717, 1.165) is 57.6 Å². The van der Waals surface area contributed by atoms with E-state index in [1.165, 1.54) is 32.5 Å². The minimum atomic E-state index is 0.229. The van der Waals surface area contributed by atoms with Crippen LogP contribution in [0, 0.1) is 11.8 Å². The Kier molecular flexibility index (Phi) is 5.94. The second kappa shape index (κ2) is 7.95. The maximum atomic E-state index is 11.6. The van der Waals surface area contributed by atoms with Gasteiger partial charge in [-0.15, -0.1) is 0 Å². The molecule has 0 N–H and O–H groups in total. The molecular formula is C18H33N3O2. The summed E-state index contributed by atoms with van der Waals surface area (Å²) < 4.78 is 5.49. The van der Waals surface area contributed by atoms with Crippen LogP contribution in [0.2, 0.25) is 0 Å². The zero-order valence-electron chi connectivity index (χ0n) is 14.9. The van der Waals surface area contributed by atoms with Gasteiger partial charge in [0.2, 0.25) is 5.91 Å². The minimum absolute atomic E-state index is 0.229. The second-order valence-corrected chi connectivity index (χ2v) is 7.71. The van der Waals surface area contributed by atoms with Gasteiger partial charge in [-0.3, -0.25) is 9.69 Å². The van der Waals surface area contributed by atoms with Crippen molar-refractivity contribution in [3.63, 3.8) is 0 Å². The van der Waals surface area contributed by atoms with Gasteiger partial charge in [0.05, 0.1) is 0 Å². The Morgan fingerprint density at radius 3 is 2.61 bits per heavy atom. The molecule has 3 fully saturated rings. The van der Waals surface area contributed by atoms with Crippen LogP contribution in [0.15, 0.2) is 0 Å². The van der Waals surface area contributed by atoms with Crippen LogP contribution in [0.3, 0.4) is 0 Å². The fraction of sp³-hybridized carbons (Fsp3) is 0.944. The van der Waals surface area contributed by atoms with Crippen molar-refractivity contribution in [2.75, 3.05) is 59.0 Å². The van der Waals surface area contributed by atoms with E-state index in [1.807, 2.05) is 4.90 Å². The Balaban J connectivity index is 1.50. The highest BCUT2D eigenvalue weighted by Crippen LogP contribution is 2.26. The summed E-state index contributed by atoms with van der Waals surface area (Å²) in [6.07, 6.45) is 3.57. The summed E-state index contributed by atoms with van der Waals surface area (Å²) in [5.41, 5.74) is 0. The van der Waals surface area contributed by atoms with Crippen molar-refractivity contribution in [2.24, 2.45) is 11.8 Å². The van der Waals surface area contributed by atoms with E-state index in [2.05, 4.69) is 16.7 Å². The number of ether oxygens (including phenoxy) is 1. The van der Waals surface area contributed by atoms with E-state index >= 15 is 0 Å². The maximum Gasteiger partial charge on any atom is 0.219 e. The van der Waals surface area contributed by atoms with Gasteiger partial charge in [0, 0.05) is 72.0 Å². The number of hydrogen-bond acceptors (Lipinski definition) is 4. The van der Waals surface area contributed by atoms with Gasteiger partial charge in [-0.1, -0.05) is 6.92 Å². The Morgan fingerprint density at radius 1 is 1.09 bits per heavy atom. The van der Waals surface area contributed by atoms with Crippen LogP contribution >= 0.6 is 0 Å². The van der Waals surface area contributed by atoms with Crippen molar-refractivity contribution in [2.45, 2.75) is 39.2 Å². The molecule has 5 heteroatoms. The number of carbonyl (C=O) groups excluding carboxylic acids is 1. The summed E-state index contributed by atoms with van der Waals surface area (Å²) in [4.78, 5) is 18.9. The average molecular weight is 323 g/mol. The molecule has 3 saturated heterocycles. The van der Waals surface area contributed by atoms with Gasteiger partial charge in [-0.05, 0) is 31.1 Å². The monoisotopic (exact) mass is 323 g/mol. The Morgan fingerprint density at radius 2 is 1.87 bits per heavy atom. The molecule has 0 aromatic rings. The maximum absolute atomic E-state index is 11.6. The molecule has 3 heterocycles. The molecule has 3 aliphatic heterocycles. The van der Waals surface area contributed by atoms with Crippen LogP contribution in [-0.2, 0) is 9.53 Å². The standard InChI is InChI=1S/C18H33N3O2/c1-15-12-19(13-17-4-10-23-11-5-17)14-18(15)21-7-3-6-20(8-9-21)16(2)22/h15,17-18H,3-14H2,1-2H3. The molecule has 23 heavy (non-hydrogen) atoms. The van der Waals surface area contributed by atoms with Crippen LogP contribution in [0.4, 0.5) is 0 Å². The molecule has 0 saturated carbocycles. The van der Waals surface area contributed by atoms with Gasteiger partial charge in [-0.25, -0.2) is 0 Å². The van der Waals surface area contributed by atoms with Gasteiger partial charge in [0.25, 0.3) is 0 Å². The molecule has 0 aliphatic carbocycles. The minimum Gasteiger partial charge on any atom is -0.381 e. The van der Waals surface area contributed by atoms with Crippen LogP contribution < -0.4 is 0 Å². The highest BCUT2D eigenvalue weighted by molar-refractivity contribution is 5.73. The number of nitrogens with zero attached hydrogens (tertiary/aromatic N) is 3. The predicted octanol–water partition coefficient (Wildman–Crippen LogP) is 1.29. The fourth-order valence-corrected chi connectivity index (χ4v) is 4.55. The molecule has 1 amide bonds. The third-order valence-corrected chi connectivity index (χ3v) is 5.95. The lowest BCUT2D eigenvalue weighted by atomic mass is 10.00. The Hall–Kier alpha value is -0.650. The first-order valence-corrected chi connectivity index (χ1v) is 9.43. The lowest BCUT2D eigenvalue weighted by Crippen LogP contribution is -2.43. The van der Waals surface area contributed by atoms with Crippen molar-refractivity contribution in [1.29, 1.82) is 0 Å². The Bertz CT molecular complexity index is 398. The summed E-state index contributed by atoms with van der Waals surface area (Å²) in [6.45, 7) is 13.7. The summed E-state index contributed by atoms with van der Waals surface area (Å²) in [7, 11) is 0. The van der Waals surface area contributed by atoms with Crippen LogP contribution in [0.5, 0.6) is 0 Å². The molecule has 2 atom stereocenters. The lowest BCUT2D eigenvalue weighted by Gasteiger charge is -2.31. The third-order valence-electron chi connectivity index (χ3n) is 5.95. The zero-order valence-corrected chi connectivity index (χ0v) is 14.9. The zero-order chi connectivity index (χ0) is 16.2. The molecule has 0 aromatic heterocycles. The molecule has 3 rings (SSSR count). The summed E-state index contributed by atoms with van der Waals surface area (Å²) in [5, 5.41) is 0. The third kappa shape index (κ3) is 4.46. The van der Waals surface area contributed by atoms with E-state index in [9.17, 15) is 4.79 Å². The quantitative estimate of drug-likeness (QED) is 0.784. The molecule has 5 nitrogen and oxygen atoms in total. The molecule has 0 radical (unpaired) electrons. The van der Waals surface area contributed by atoms with Crippen LogP contribution in [0.25, 0.3) is 0 Å². The van der Waals surface area contributed by atoms with Crippen molar-refractivity contribution in [1.82, 2.24) is 14.7 Å². The van der Waals surface area contributed by atoms with Gasteiger partial charge >= 0.3 is 0 Å². The topological polar surface area (TPSA) is 36.0 Å². The van der Waals surface area contributed by atoms with E-state index in [-0.39, 0.29) is 5.91 Å². The van der Waals surface area contributed by atoms with Crippen molar-refractivity contribution in [3.8, 4) is 0 Å². The number of hydrogen-bond donors (Lipinski definition) is 0. The molecule has 0 spiro atoms. The normalized spacial score (nSPS) is 32.2. The summed E-state index contributed by atoms with van der Waals surface area (Å²) >= 11 is 0. The van der Waals surface area contributed by atoms with Gasteiger partial charge < -0.3 is 14.5 Å². The second-order valence-electron chi connectivity index (χ2n) is 7.71. The highest BCUT2D eigenvalue weighted by atomic mass is 16.5. The largest absolute Gasteiger partial charge is 0.381 e. The van der Waals surface area contributed by atoms with Crippen LogP contribution in [0.1, 0.15) is 33.1 Å². The first-order chi connectivity index (χ1) is 11.1. The smallest absolute Gasteiger partial charge is 0.219 e. The molecule has 0 aromatic carbocycles. The molecule has 2 unspecified atom stereocenters. The first kappa shape index (κ1) is 17.2. The first-order valence-electron chi connectivity index (χ1n) is 9.43. The van der Waals surface area contributed by atoms with Crippen molar-refractivity contribution >= 4 is 5.91 Å². The Labute approximate surface area is 140 Å². The molecule has 132 valence electrons. The van der Waals surface area contributed by atoms with Crippen molar-refractivity contribution < 1.29 is 9.53 Å². The van der Waals surface area contributed by atoms with E-state index in [0.29, 0.717) is 6.04 Å². The van der Waals surface area contributed by atoms with Crippen molar-refractivity contribution in [3.05, 3.63) is 0 Å². The fourth-order valence-electron chi connectivity index (χ4n) is 4.55. The van der Waals surface area contributed by atoms with Gasteiger partial charge in [0.15, 0.2) is 0 Å². The van der Waals surface area contributed by atoms with E-state index in [4.69, 9.17) is 4.74 Å². The predicted molar refractivity (Wildman–Crippen MR) is 91.4 cm³/mol. The number of amides is 1. The summed E-state index contributed by atoms with van der Waals surface area (Å²) in [5.74, 6) is 1.79. The number of rotatable bonds is 3. The molecular weight excluding hydrogens is 290 g/mol. The summed E-state index contributed by atoms with van der Waals surface area (Å²) in [6, 6.07) is 0.668. The van der Waals surface area contributed by atoms with Gasteiger partial charge in [0.1, 0.15) is 0 Å². The van der Waals surface area contributed by atoms with E-state index in [1.54, 1.807) is 6.92 Å². The highest BCUT2D eigenvalue weighted by Gasteiger charge is 2.35.